The summed E-state index contributed by atoms with van der Waals surface area (Å²) >= 11 is 0. The second kappa shape index (κ2) is 8.98. The van der Waals surface area contributed by atoms with E-state index in [0.717, 1.165) is 5.56 Å². The maximum atomic E-state index is 12.9. The van der Waals surface area contributed by atoms with E-state index < -0.39 is 11.7 Å². The molecule has 0 bridgehead atoms. The molecule has 168 valence electrons. The minimum absolute atomic E-state index is 0.0940. The average Bonchev–Trinajstić information content (AvgIpc) is 2.96. The van der Waals surface area contributed by atoms with Gasteiger partial charge in [-0.2, -0.15) is 0 Å². The Labute approximate surface area is 187 Å². The minimum atomic E-state index is -0.749. The first-order valence-electron chi connectivity index (χ1n) is 11.1. The van der Waals surface area contributed by atoms with Crippen molar-refractivity contribution in [1.82, 2.24) is 20.5 Å². The number of hydrogen-bond donors (Lipinski definition) is 3. The van der Waals surface area contributed by atoms with Crippen molar-refractivity contribution < 1.29 is 14.4 Å². The zero-order chi connectivity index (χ0) is 22.7. The summed E-state index contributed by atoms with van der Waals surface area (Å²) in [5.74, 6) is 0.226. The lowest BCUT2D eigenvalue weighted by Gasteiger charge is -2.39. The molecule has 2 aromatic rings. The quantitative estimate of drug-likeness (QED) is 0.668. The van der Waals surface area contributed by atoms with E-state index in [1.165, 1.54) is 0 Å². The van der Waals surface area contributed by atoms with E-state index in [-0.39, 0.29) is 30.1 Å². The zero-order valence-electron chi connectivity index (χ0n) is 18.4. The molecule has 0 radical (unpaired) electrons. The molecule has 0 aliphatic carbocycles. The summed E-state index contributed by atoms with van der Waals surface area (Å²) < 4.78 is 0. The highest BCUT2D eigenvalue weighted by molar-refractivity contribution is 6.01. The summed E-state index contributed by atoms with van der Waals surface area (Å²) in [4.78, 5) is 44.2. The summed E-state index contributed by atoms with van der Waals surface area (Å²) in [6.45, 7) is 4.67. The molecule has 8 nitrogen and oxygen atoms in total. The van der Waals surface area contributed by atoms with Crippen molar-refractivity contribution in [1.29, 1.82) is 0 Å². The van der Waals surface area contributed by atoms with Crippen molar-refractivity contribution in [3.63, 3.8) is 0 Å². The maximum absolute atomic E-state index is 12.9. The number of likely N-dealkylation sites (tertiary alicyclic amines) is 1. The van der Waals surface area contributed by atoms with E-state index in [9.17, 15) is 14.4 Å². The number of hydrogen-bond acceptors (Lipinski definition) is 5. The van der Waals surface area contributed by atoms with Crippen LogP contribution >= 0.6 is 0 Å². The Morgan fingerprint density at radius 2 is 1.91 bits per heavy atom. The molecule has 3 atom stereocenters. The number of carbonyl (C=O) groups is 3. The Morgan fingerprint density at radius 3 is 2.69 bits per heavy atom. The molecule has 1 spiro atoms. The van der Waals surface area contributed by atoms with Gasteiger partial charge in [0, 0.05) is 32.1 Å². The number of rotatable bonds is 5. The molecule has 3 unspecified atom stereocenters. The van der Waals surface area contributed by atoms with Crippen LogP contribution in [0, 0.1) is 0 Å². The Balaban J connectivity index is 1.39. The number of aromatic nitrogens is 1. The molecule has 1 aromatic carbocycles. The fourth-order valence-electron chi connectivity index (χ4n) is 4.36. The van der Waals surface area contributed by atoms with Gasteiger partial charge in [0.2, 0.25) is 11.8 Å². The first-order valence-corrected chi connectivity index (χ1v) is 11.1. The molecule has 0 saturated carbocycles. The van der Waals surface area contributed by atoms with Gasteiger partial charge in [0.05, 0.1) is 5.56 Å². The van der Waals surface area contributed by atoms with Crippen LogP contribution in [0.4, 0.5) is 5.82 Å². The fraction of sp³-hybridized carbons (Fsp3) is 0.417. The number of nitrogens with one attached hydrogen (secondary N) is 3. The third-order valence-electron chi connectivity index (χ3n) is 6.43. The maximum Gasteiger partial charge on any atom is 0.256 e. The number of carbonyl (C=O) groups excluding carboxylic acids is 3. The van der Waals surface area contributed by atoms with Crippen molar-refractivity contribution in [2.45, 2.75) is 50.7 Å². The van der Waals surface area contributed by atoms with Gasteiger partial charge in [-0.1, -0.05) is 37.3 Å². The predicted octanol–water partition coefficient (Wildman–Crippen LogP) is 2.25. The molecule has 32 heavy (non-hydrogen) atoms. The third kappa shape index (κ3) is 4.44. The van der Waals surface area contributed by atoms with Crippen LogP contribution in [0.25, 0.3) is 0 Å². The van der Waals surface area contributed by atoms with Crippen molar-refractivity contribution in [2.24, 2.45) is 0 Å². The van der Waals surface area contributed by atoms with E-state index in [0.29, 0.717) is 37.3 Å². The first-order chi connectivity index (χ1) is 15.4. The summed E-state index contributed by atoms with van der Waals surface area (Å²) in [6.07, 6.45) is 2.78. The van der Waals surface area contributed by atoms with Gasteiger partial charge in [0.15, 0.2) is 0 Å². The fourth-order valence-corrected chi connectivity index (χ4v) is 4.36. The highest BCUT2D eigenvalue weighted by Gasteiger charge is 2.42. The monoisotopic (exact) mass is 435 g/mol. The lowest BCUT2D eigenvalue weighted by atomic mass is 9.97. The van der Waals surface area contributed by atoms with Crippen LogP contribution in [0.2, 0.25) is 0 Å². The summed E-state index contributed by atoms with van der Waals surface area (Å²) in [7, 11) is 0. The molecule has 1 saturated heterocycles. The van der Waals surface area contributed by atoms with E-state index in [4.69, 9.17) is 0 Å². The lowest BCUT2D eigenvalue weighted by Crippen LogP contribution is -2.58. The minimum Gasteiger partial charge on any atom is -0.354 e. The van der Waals surface area contributed by atoms with Gasteiger partial charge in [-0.25, -0.2) is 4.98 Å². The van der Waals surface area contributed by atoms with Gasteiger partial charge < -0.3 is 20.9 Å². The normalized spacial score (nSPS) is 22.2. The van der Waals surface area contributed by atoms with Crippen LogP contribution < -0.4 is 16.0 Å². The molecule has 1 fully saturated rings. The van der Waals surface area contributed by atoms with Gasteiger partial charge in [0.25, 0.3) is 5.91 Å². The third-order valence-corrected chi connectivity index (χ3v) is 6.43. The number of nitrogens with zero attached hydrogens (tertiary/aromatic N) is 2. The van der Waals surface area contributed by atoms with Crippen molar-refractivity contribution in [3.05, 3.63) is 59.8 Å². The number of benzene rings is 1. The molecule has 2 aliphatic rings. The highest BCUT2D eigenvalue weighted by atomic mass is 16.2. The average molecular weight is 436 g/mol. The molecule has 3 heterocycles. The molecular formula is C24H29N5O3. The molecule has 3 amide bonds. The van der Waals surface area contributed by atoms with Gasteiger partial charge in [-0.3, -0.25) is 14.4 Å². The van der Waals surface area contributed by atoms with Gasteiger partial charge in [-0.05, 0) is 37.0 Å². The number of anilines is 1. The van der Waals surface area contributed by atoms with Crippen LogP contribution in [0.15, 0.2) is 48.7 Å². The largest absolute Gasteiger partial charge is 0.354 e. The summed E-state index contributed by atoms with van der Waals surface area (Å²) in [5.41, 5.74) is 0.896. The van der Waals surface area contributed by atoms with Crippen molar-refractivity contribution in [2.75, 3.05) is 18.4 Å². The Morgan fingerprint density at radius 1 is 1.12 bits per heavy atom. The van der Waals surface area contributed by atoms with E-state index in [1.54, 1.807) is 30.2 Å². The molecule has 3 N–H and O–H groups in total. The smallest absolute Gasteiger partial charge is 0.256 e. The Bertz CT molecular complexity index is 1010. The van der Waals surface area contributed by atoms with Crippen molar-refractivity contribution in [3.8, 4) is 0 Å². The number of fused-ring (bicyclic) bond motifs is 1. The van der Waals surface area contributed by atoms with E-state index >= 15 is 0 Å². The standard InChI is InChI=1S/C24H29N5O3/c1-16(18-7-4-3-5-8-18)15-26-22(31)17(2)29-14-12-24(11-10-20(29)30)27-21-19(23(32)28-24)9-6-13-25-21/h3-9,13,16-17H,10-12,14-15H2,1-2H3,(H,25,27)(H,26,31)(H,28,32). The number of amides is 3. The lowest BCUT2D eigenvalue weighted by molar-refractivity contribution is -0.139. The van der Waals surface area contributed by atoms with Crippen LogP contribution in [0.5, 0.6) is 0 Å². The van der Waals surface area contributed by atoms with E-state index in [2.05, 4.69) is 27.9 Å². The second-order valence-electron chi connectivity index (χ2n) is 8.63. The van der Waals surface area contributed by atoms with Gasteiger partial charge in [0.1, 0.15) is 17.5 Å². The topological polar surface area (TPSA) is 103 Å². The Hall–Kier alpha value is -3.42. The number of pyridine rings is 1. The summed E-state index contributed by atoms with van der Waals surface area (Å²) in [5, 5.41) is 9.34. The van der Waals surface area contributed by atoms with Gasteiger partial charge >= 0.3 is 0 Å². The highest BCUT2D eigenvalue weighted by Crippen LogP contribution is 2.30. The van der Waals surface area contributed by atoms with Crippen LogP contribution in [-0.2, 0) is 9.59 Å². The van der Waals surface area contributed by atoms with Crippen LogP contribution in [0.1, 0.15) is 54.9 Å². The molecule has 8 heteroatoms. The molecule has 2 aliphatic heterocycles. The van der Waals surface area contributed by atoms with Crippen molar-refractivity contribution >= 4 is 23.5 Å². The molecule has 4 rings (SSSR count). The second-order valence-corrected chi connectivity index (χ2v) is 8.63. The van der Waals surface area contributed by atoms with E-state index in [1.807, 2.05) is 30.3 Å². The molecule has 1 aromatic heterocycles. The van der Waals surface area contributed by atoms with Crippen LogP contribution in [-0.4, -0.2) is 52.4 Å². The molecular weight excluding hydrogens is 406 g/mol. The first kappa shape index (κ1) is 21.8. The summed E-state index contributed by atoms with van der Waals surface area (Å²) in [6, 6.07) is 12.8. The zero-order valence-corrected chi connectivity index (χ0v) is 18.4. The SMILES string of the molecule is CC(CNC(=O)C(C)N1CCC2(CCC1=O)NC(=O)c1cccnc1N2)c1ccccc1. The Kier molecular flexibility index (Phi) is 6.12. The van der Waals surface area contributed by atoms with Crippen LogP contribution in [0.3, 0.4) is 0 Å². The predicted molar refractivity (Wildman–Crippen MR) is 121 cm³/mol. The van der Waals surface area contributed by atoms with Gasteiger partial charge in [-0.15, -0.1) is 0 Å².